The van der Waals surface area contributed by atoms with Crippen LogP contribution in [-0.2, 0) is 14.6 Å². The highest BCUT2D eigenvalue weighted by atomic mass is 32.2. The molecule has 1 N–H and O–H groups in total. The first-order valence-electron chi connectivity index (χ1n) is 8.83. The van der Waals surface area contributed by atoms with Gasteiger partial charge in [0.15, 0.2) is 16.4 Å². The van der Waals surface area contributed by atoms with Gasteiger partial charge < -0.3 is 10.1 Å². The first-order valence-corrected chi connectivity index (χ1v) is 11.5. The lowest BCUT2D eigenvalue weighted by molar-refractivity contribution is -0.123. The molecule has 1 amide bonds. The van der Waals surface area contributed by atoms with Crippen molar-refractivity contribution in [2.75, 3.05) is 18.1 Å². The standard InChI is InChI=1S/C19H19N3O4S2/c1-12-2-4-13(5-3-12)15-9-27-19-17(15)18(20-11-21-19)26-8-16(23)22-14-6-7-28(24,25)10-14/h2-5,9,11,14H,6-8,10H2,1H3,(H,22,23). The summed E-state index contributed by atoms with van der Waals surface area (Å²) in [4.78, 5) is 21.5. The Morgan fingerprint density at radius 3 is 2.79 bits per heavy atom. The number of amides is 1. The molecule has 7 nitrogen and oxygen atoms in total. The Hall–Kier alpha value is -2.52. The van der Waals surface area contributed by atoms with Crippen LogP contribution >= 0.6 is 11.3 Å². The third-order valence-corrected chi connectivity index (χ3v) is 7.29. The number of rotatable bonds is 5. The molecule has 1 aliphatic heterocycles. The highest BCUT2D eigenvalue weighted by Crippen LogP contribution is 2.37. The molecule has 0 aliphatic carbocycles. The van der Waals surface area contributed by atoms with Crippen molar-refractivity contribution >= 4 is 37.3 Å². The predicted molar refractivity (Wildman–Crippen MR) is 108 cm³/mol. The van der Waals surface area contributed by atoms with E-state index in [1.165, 1.54) is 23.2 Å². The number of hydrogen-bond acceptors (Lipinski definition) is 7. The second kappa shape index (κ2) is 7.48. The normalized spacial score (nSPS) is 18.2. The van der Waals surface area contributed by atoms with E-state index in [4.69, 9.17) is 4.74 Å². The van der Waals surface area contributed by atoms with E-state index < -0.39 is 9.84 Å². The van der Waals surface area contributed by atoms with E-state index in [0.29, 0.717) is 12.3 Å². The summed E-state index contributed by atoms with van der Waals surface area (Å²) in [7, 11) is -3.04. The molecule has 0 radical (unpaired) electrons. The molecule has 9 heteroatoms. The molecule has 1 atom stereocenters. The van der Waals surface area contributed by atoms with Gasteiger partial charge in [0.1, 0.15) is 11.2 Å². The Kier molecular flexibility index (Phi) is 5.03. The highest BCUT2D eigenvalue weighted by Gasteiger charge is 2.29. The lowest BCUT2D eigenvalue weighted by atomic mass is 10.0. The van der Waals surface area contributed by atoms with Crippen molar-refractivity contribution in [3.63, 3.8) is 0 Å². The number of sulfone groups is 1. The van der Waals surface area contributed by atoms with E-state index in [0.717, 1.165) is 21.3 Å². The van der Waals surface area contributed by atoms with Gasteiger partial charge in [-0.05, 0) is 18.9 Å². The van der Waals surface area contributed by atoms with Gasteiger partial charge in [-0.15, -0.1) is 11.3 Å². The SMILES string of the molecule is Cc1ccc(-c2csc3ncnc(OCC(=O)NC4CCS(=O)(=O)C4)c23)cc1. The first kappa shape index (κ1) is 18.8. The van der Waals surface area contributed by atoms with Crippen molar-refractivity contribution in [1.29, 1.82) is 0 Å². The van der Waals surface area contributed by atoms with E-state index in [-0.39, 0.29) is 30.1 Å². The van der Waals surface area contributed by atoms with Crippen molar-refractivity contribution < 1.29 is 17.9 Å². The van der Waals surface area contributed by atoms with Crippen molar-refractivity contribution in [3.8, 4) is 17.0 Å². The third kappa shape index (κ3) is 4.00. The smallest absolute Gasteiger partial charge is 0.258 e. The fourth-order valence-electron chi connectivity index (χ4n) is 3.21. The van der Waals surface area contributed by atoms with Gasteiger partial charge in [-0.2, -0.15) is 0 Å². The van der Waals surface area contributed by atoms with Crippen LogP contribution in [0.3, 0.4) is 0 Å². The summed E-state index contributed by atoms with van der Waals surface area (Å²) >= 11 is 1.49. The predicted octanol–water partition coefficient (Wildman–Crippen LogP) is 2.35. The Balaban J connectivity index is 1.52. The molecule has 0 spiro atoms. The van der Waals surface area contributed by atoms with Crippen LogP contribution in [0, 0.1) is 6.92 Å². The number of hydrogen-bond donors (Lipinski definition) is 1. The first-order chi connectivity index (χ1) is 13.4. The number of nitrogens with one attached hydrogen (secondary N) is 1. The van der Waals surface area contributed by atoms with Crippen LogP contribution in [0.1, 0.15) is 12.0 Å². The van der Waals surface area contributed by atoms with Gasteiger partial charge >= 0.3 is 0 Å². The zero-order chi connectivity index (χ0) is 19.7. The molecule has 3 heterocycles. The molecule has 1 saturated heterocycles. The van der Waals surface area contributed by atoms with Gasteiger partial charge in [-0.25, -0.2) is 18.4 Å². The van der Waals surface area contributed by atoms with Gasteiger partial charge in [0.2, 0.25) is 5.88 Å². The number of aryl methyl sites for hydroxylation is 1. The summed E-state index contributed by atoms with van der Waals surface area (Å²) in [5.41, 5.74) is 3.15. The Morgan fingerprint density at radius 2 is 2.07 bits per heavy atom. The molecule has 0 bridgehead atoms. The minimum atomic E-state index is -3.04. The van der Waals surface area contributed by atoms with Crippen LogP contribution in [0.2, 0.25) is 0 Å². The van der Waals surface area contributed by atoms with Crippen LogP contribution in [0.25, 0.3) is 21.3 Å². The lowest BCUT2D eigenvalue weighted by Gasteiger charge is -2.12. The molecule has 0 saturated carbocycles. The number of aromatic nitrogens is 2. The van der Waals surface area contributed by atoms with Gasteiger partial charge in [-0.3, -0.25) is 4.79 Å². The average molecular weight is 418 g/mol. The van der Waals surface area contributed by atoms with Crippen molar-refractivity contribution in [2.24, 2.45) is 0 Å². The van der Waals surface area contributed by atoms with E-state index >= 15 is 0 Å². The summed E-state index contributed by atoms with van der Waals surface area (Å²) in [6.45, 7) is 1.80. The summed E-state index contributed by atoms with van der Waals surface area (Å²) in [6.07, 6.45) is 1.85. The minimum Gasteiger partial charge on any atom is -0.467 e. The zero-order valence-corrected chi connectivity index (χ0v) is 16.8. The molecular weight excluding hydrogens is 398 g/mol. The minimum absolute atomic E-state index is 0.0153. The largest absolute Gasteiger partial charge is 0.467 e. The molecule has 28 heavy (non-hydrogen) atoms. The summed E-state index contributed by atoms with van der Waals surface area (Å²) < 4.78 is 28.7. The topological polar surface area (TPSA) is 98.2 Å². The van der Waals surface area contributed by atoms with Crippen LogP contribution in [-0.4, -0.2) is 48.4 Å². The zero-order valence-electron chi connectivity index (χ0n) is 15.2. The van der Waals surface area contributed by atoms with E-state index in [1.54, 1.807) is 0 Å². The molecule has 1 aliphatic rings. The fourth-order valence-corrected chi connectivity index (χ4v) is 5.79. The molecular formula is C19H19N3O4S2. The number of thiophene rings is 1. The Bertz CT molecular complexity index is 1120. The number of carbonyl (C=O) groups is 1. The average Bonchev–Trinajstić information content (AvgIpc) is 3.24. The lowest BCUT2D eigenvalue weighted by Crippen LogP contribution is -2.38. The Morgan fingerprint density at radius 1 is 1.29 bits per heavy atom. The van der Waals surface area contributed by atoms with Crippen LogP contribution < -0.4 is 10.1 Å². The Labute approximate surface area is 166 Å². The summed E-state index contributed by atoms with van der Waals surface area (Å²) in [5, 5.41) is 5.49. The second-order valence-corrected chi connectivity index (χ2v) is 9.92. The van der Waals surface area contributed by atoms with Gasteiger partial charge in [0.25, 0.3) is 5.91 Å². The number of benzene rings is 1. The molecule has 2 aromatic heterocycles. The molecule has 1 fully saturated rings. The van der Waals surface area contributed by atoms with Crippen LogP contribution in [0.5, 0.6) is 5.88 Å². The molecule has 3 aromatic rings. The van der Waals surface area contributed by atoms with Crippen molar-refractivity contribution in [2.45, 2.75) is 19.4 Å². The third-order valence-electron chi connectivity index (χ3n) is 4.64. The maximum Gasteiger partial charge on any atom is 0.258 e. The quantitative estimate of drug-likeness (QED) is 0.684. The maximum atomic E-state index is 12.2. The fraction of sp³-hybridized carbons (Fsp3) is 0.316. The summed E-state index contributed by atoms with van der Waals surface area (Å²) in [5.74, 6) is 0.0793. The molecule has 146 valence electrons. The number of nitrogens with zero attached hydrogens (tertiary/aromatic N) is 2. The molecule has 1 aromatic carbocycles. The van der Waals surface area contributed by atoms with Gasteiger partial charge in [-0.1, -0.05) is 29.8 Å². The van der Waals surface area contributed by atoms with Gasteiger partial charge in [0.05, 0.1) is 16.9 Å². The van der Waals surface area contributed by atoms with Gasteiger partial charge in [0, 0.05) is 17.0 Å². The summed E-state index contributed by atoms with van der Waals surface area (Å²) in [6, 6.07) is 7.77. The maximum absolute atomic E-state index is 12.2. The molecule has 1 unspecified atom stereocenters. The monoisotopic (exact) mass is 417 g/mol. The number of ether oxygens (including phenoxy) is 1. The molecule has 4 rings (SSSR count). The van der Waals surface area contributed by atoms with E-state index in [9.17, 15) is 13.2 Å². The van der Waals surface area contributed by atoms with Crippen LogP contribution in [0.4, 0.5) is 0 Å². The highest BCUT2D eigenvalue weighted by molar-refractivity contribution is 7.91. The van der Waals surface area contributed by atoms with Crippen molar-refractivity contribution in [1.82, 2.24) is 15.3 Å². The second-order valence-electron chi connectivity index (χ2n) is 6.83. The van der Waals surface area contributed by atoms with Crippen molar-refractivity contribution in [3.05, 3.63) is 41.5 Å². The van der Waals surface area contributed by atoms with E-state index in [1.807, 2.05) is 36.6 Å². The number of fused-ring (bicyclic) bond motifs is 1. The van der Waals surface area contributed by atoms with E-state index in [2.05, 4.69) is 15.3 Å². The van der Waals surface area contributed by atoms with Crippen LogP contribution in [0.15, 0.2) is 36.0 Å². The number of carbonyl (C=O) groups excluding carboxylic acids is 1.